The topological polar surface area (TPSA) is 133 Å². The van der Waals surface area contributed by atoms with Gasteiger partial charge in [0.25, 0.3) is 0 Å². The standard InChI is InChI=1S/C11H22N2O6/c1-7(15)13-5-11(19,6-13)4-12-2-8(16)10(18)9(17)3-14/h8-10,12,14,16-19H,2-6H2,1H3/t8-,9+,10-/m0/s1. The Morgan fingerprint density at radius 3 is 2.37 bits per heavy atom. The lowest BCUT2D eigenvalue weighted by Crippen LogP contribution is -2.67. The van der Waals surface area contributed by atoms with Crippen LogP contribution in [0.15, 0.2) is 0 Å². The van der Waals surface area contributed by atoms with Gasteiger partial charge in [-0.05, 0) is 0 Å². The van der Waals surface area contributed by atoms with Crippen LogP contribution in [0.1, 0.15) is 6.92 Å². The molecule has 1 fully saturated rings. The van der Waals surface area contributed by atoms with Crippen molar-refractivity contribution in [2.75, 3.05) is 32.8 Å². The molecule has 0 aromatic heterocycles. The number of carbonyl (C=O) groups is 1. The number of amides is 1. The number of rotatable bonds is 7. The molecule has 0 spiro atoms. The number of hydrogen-bond acceptors (Lipinski definition) is 7. The third-order valence-electron chi connectivity index (χ3n) is 3.20. The van der Waals surface area contributed by atoms with Crippen molar-refractivity contribution in [1.29, 1.82) is 0 Å². The van der Waals surface area contributed by atoms with E-state index in [2.05, 4.69) is 5.32 Å². The zero-order chi connectivity index (χ0) is 14.6. The molecule has 0 radical (unpaired) electrons. The first-order chi connectivity index (χ1) is 8.79. The molecular weight excluding hydrogens is 256 g/mol. The largest absolute Gasteiger partial charge is 0.394 e. The molecule has 1 heterocycles. The molecule has 112 valence electrons. The number of likely N-dealkylation sites (tertiary alicyclic amines) is 1. The summed E-state index contributed by atoms with van der Waals surface area (Å²) in [6.07, 6.45) is -4.12. The highest BCUT2D eigenvalue weighted by Crippen LogP contribution is 2.19. The van der Waals surface area contributed by atoms with E-state index >= 15 is 0 Å². The minimum absolute atomic E-state index is 0.0411. The molecule has 0 saturated carbocycles. The molecule has 8 nitrogen and oxygen atoms in total. The van der Waals surface area contributed by atoms with E-state index in [1.165, 1.54) is 11.8 Å². The zero-order valence-electron chi connectivity index (χ0n) is 10.9. The Bertz CT molecular complexity index is 308. The van der Waals surface area contributed by atoms with Gasteiger partial charge in [-0.3, -0.25) is 4.79 Å². The molecule has 0 aliphatic carbocycles. The summed E-state index contributed by atoms with van der Waals surface area (Å²) in [7, 11) is 0. The lowest BCUT2D eigenvalue weighted by atomic mass is 9.94. The fourth-order valence-electron chi connectivity index (χ4n) is 1.94. The highest BCUT2D eigenvalue weighted by atomic mass is 16.4. The normalized spacial score (nSPS) is 22.5. The van der Waals surface area contributed by atoms with Crippen LogP contribution in [-0.4, -0.2) is 93.0 Å². The minimum Gasteiger partial charge on any atom is -0.394 e. The molecule has 19 heavy (non-hydrogen) atoms. The van der Waals surface area contributed by atoms with Crippen molar-refractivity contribution in [3.05, 3.63) is 0 Å². The first-order valence-electron chi connectivity index (χ1n) is 6.13. The molecule has 1 saturated heterocycles. The third-order valence-corrected chi connectivity index (χ3v) is 3.20. The third kappa shape index (κ3) is 4.37. The fourth-order valence-corrected chi connectivity index (χ4v) is 1.94. The number of nitrogens with one attached hydrogen (secondary N) is 1. The second-order valence-corrected chi connectivity index (χ2v) is 5.04. The molecule has 0 bridgehead atoms. The number of hydrogen-bond donors (Lipinski definition) is 6. The van der Waals surface area contributed by atoms with Crippen LogP contribution in [-0.2, 0) is 4.79 Å². The van der Waals surface area contributed by atoms with Gasteiger partial charge in [-0.15, -0.1) is 0 Å². The summed E-state index contributed by atoms with van der Waals surface area (Å²) < 4.78 is 0. The van der Waals surface area contributed by atoms with E-state index in [0.717, 1.165) is 0 Å². The van der Waals surface area contributed by atoms with Crippen molar-refractivity contribution in [1.82, 2.24) is 10.2 Å². The summed E-state index contributed by atoms with van der Waals surface area (Å²) in [6, 6.07) is 0. The van der Waals surface area contributed by atoms with Crippen LogP contribution >= 0.6 is 0 Å². The molecule has 1 rings (SSSR count). The van der Waals surface area contributed by atoms with Crippen LogP contribution in [0.2, 0.25) is 0 Å². The summed E-state index contributed by atoms with van der Waals surface area (Å²) in [5, 5.41) is 49.4. The minimum atomic E-state index is -1.46. The Labute approximate surface area is 111 Å². The van der Waals surface area contributed by atoms with E-state index in [4.69, 9.17) is 10.2 Å². The van der Waals surface area contributed by atoms with Crippen LogP contribution in [0.25, 0.3) is 0 Å². The average Bonchev–Trinajstić information content (AvgIpc) is 2.33. The van der Waals surface area contributed by atoms with Gasteiger partial charge in [0.05, 0.1) is 25.8 Å². The van der Waals surface area contributed by atoms with Crippen LogP contribution < -0.4 is 5.32 Å². The highest BCUT2D eigenvalue weighted by molar-refractivity contribution is 5.74. The Balaban J connectivity index is 2.22. The van der Waals surface area contributed by atoms with Crippen molar-refractivity contribution in [2.24, 2.45) is 0 Å². The molecule has 3 atom stereocenters. The van der Waals surface area contributed by atoms with Crippen LogP contribution in [0.5, 0.6) is 0 Å². The number of nitrogens with zero attached hydrogens (tertiary/aromatic N) is 1. The predicted octanol–water partition coefficient (Wildman–Crippen LogP) is -3.76. The van der Waals surface area contributed by atoms with Gasteiger partial charge in [0.1, 0.15) is 17.8 Å². The molecule has 6 N–H and O–H groups in total. The van der Waals surface area contributed by atoms with Gasteiger partial charge in [-0.1, -0.05) is 0 Å². The Morgan fingerprint density at radius 1 is 1.32 bits per heavy atom. The average molecular weight is 278 g/mol. The van der Waals surface area contributed by atoms with Crippen LogP contribution in [0, 0.1) is 0 Å². The summed E-state index contributed by atoms with van der Waals surface area (Å²) >= 11 is 0. The summed E-state index contributed by atoms with van der Waals surface area (Å²) in [5.74, 6) is -0.105. The number of β-amino-alcohol motifs (C(OH)–C–C–N with tert-alkyl or cyclic N) is 1. The SMILES string of the molecule is CC(=O)N1CC(O)(CNC[C@H](O)[C@H](O)[C@H](O)CO)C1. The number of carbonyl (C=O) groups excluding carboxylic acids is 1. The van der Waals surface area contributed by atoms with E-state index in [9.17, 15) is 20.1 Å². The lowest BCUT2D eigenvalue weighted by molar-refractivity contribution is -0.152. The van der Waals surface area contributed by atoms with Gasteiger partial charge >= 0.3 is 0 Å². The maximum atomic E-state index is 11.0. The van der Waals surface area contributed by atoms with E-state index in [-0.39, 0.29) is 32.1 Å². The second kappa shape index (κ2) is 6.60. The van der Waals surface area contributed by atoms with Crippen LogP contribution in [0.3, 0.4) is 0 Å². The Morgan fingerprint density at radius 2 is 1.89 bits per heavy atom. The Hall–Kier alpha value is -0.770. The zero-order valence-corrected chi connectivity index (χ0v) is 10.9. The van der Waals surface area contributed by atoms with Crippen molar-refractivity contribution in [3.8, 4) is 0 Å². The van der Waals surface area contributed by atoms with Gasteiger partial charge in [-0.2, -0.15) is 0 Å². The summed E-state index contributed by atoms with van der Waals surface area (Å²) in [5.41, 5.74) is -1.02. The van der Waals surface area contributed by atoms with Gasteiger partial charge in [0.15, 0.2) is 0 Å². The monoisotopic (exact) mass is 278 g/mol. The van der Waals surface area contributed by atoms with Gasteiger partial charge < -0.3 is 35.7 Å². The first-order valence-corrected chi connectivity index (χ1v) is 6.13. The molecule has 0 aromatic rings. The maximum absolute atomic E-state index is 11.0. The lowest BCUT2D eigenvalue weighted by Gasteiger charge is -2.46. The molecule has 1 aliphatic heterocycles. The number of aliphatic hydroxyl groups is 5. The first kappa shape index (κ1) is 16.3. The van der Waals surface area contributed by atoms with Gasteiger partial charge in [-0.25, -0.2) is 0 Å². The van der Waals surface area contributed by atoms with E-state index in [0.29, 0.717) is 0 Å². The van der Waals surface area contributed by atoms with E-state index in [1.54, 1.807) is 0 Å². The molecule has 0 aromatic carbocycles. The van der Waals surface area contributed by atoms with Crippen molar-refractivity contribution in [2.45, 2.75) is 30.8 Å². The summed E-state index contributed by atoms with van der Waals surface area (Å²) in [6.45, 7) is 1.36. The quantitative estimate of drug-likeness (QED) is 0.282. The molecule has 1 amide bonds. The molecule has 1 aliphatic rings. The number of aliphatic hydroxyl groups excluding tert-OH is 4. The smallest absolute Gasteiger partial charge is 0.219 e. The van der Waals surface area contributed by atoms with Gasteiger partial charge in [0, 0.05) is 20.0 Å². The maximum Gasteiger partial charge on any atom is 0.219 e. The van der Waals surface area contributed by atoms with E-state index in [1.807, 2.05) is 0 Å². The van der Waals surface area contributed by atoms with Gasteiger partial charge in [0.2, 0.25) is 5.91 Å². The second-order valence-electron chi connectivity index (χ2n) is 5.04. The molecule has 0 unspecified atom stereocenters. The fraction of sp³-hybridized carbons (Fsp3) is 0.909. The molecule has 8 heteroatoms. The highest BCUT2D eigenvalue weighted by Gasteiger charge is 2.42. The van der Waals surface area contributed by atoms with E-state index < -0.39 is 30.5 Å². The van der Waals surface area contributed by atoms with Crippen molar-refractivity contribution >= 4 is 5.91 Å². The van der Waals surface area contributed by atoms with Crippen molar-refractivity contribution in [3.63, 3.8) is 0 Å². The molecular formula is C11H22N2O6. The van der Waals surface area contributed by atoms with Crippen LogP contribution in [0.4, 0.5) is 0 Å². The van der Waals surface area contributed by atoms with Crippen molar-refractivity contribution < 1.29 is 30.3 Å². The predicted molar refractivity (Wildman–Crippen MR) is 65.2 cm³/mol. The summed E-state index contributed by atoms with van der Waals surface area (Å²) in [4.78, 5) is 12.5. The Kier molecular flexibility index (Phi) is 5.65.